The first kappa shape index (κ1) is 16.1. The molecule has 0 aliphatic rings. The number of hydrogen-bond acceptors (Lipinski definition) is 5. The predicted molar refractivity (Wildman–Crippen MR) is 84.1 cm³/mol. The molecule has 0 saturated heterocycles. The number of ether oxygens (including phenoxy) is 1. The number of nitrogens with zero attached hydrogens (tertiary/aromatic N) is 4. The van der Waals surface area contributed by atoms with Gasteiger partial charge in [0.25, 0.3) is 0 Å². The SMILES string of the molecule is COCCNC(C)c1nnnn1C(C)c1ccc(Br)cc1. The molecule has 2 rings (SSSR count). The van der Waals surface area contributed by atoms with Gasteiger partial charge in [0.1, 0.15) is 0 Å². The number of aromatic nitrogens is 4. The van der Waals surface area contributed by atoms with E-state index in [1.807, 2.05) is 23.7 Å². The molecule has 1 heterocycles. The summed E-state index contributed by atoms with van der Waals surface area (Å²) in [6.45, 7) is 5.56. The average molecular weight is 354 g/mol. The summed E-state index contributed by atoms with van der Waals surface area (Å²) < 4.78 is 7.96. The summed E-state index contributed by atoms with van der Waals surface area (Å²) in [6.07, 6.45) is 0. The Bertz CT molecular complexity index is 557. The van der Waals surface area contributed by atoms with Gasteiger partial charge in [-0.15, -0.1) is 5.10 Å². The molecule has 2 unspecified atom stereocenters. The van der Waals surface area contributed by atoms with E-state index in [0.717, 1.165) is 22.4 Å². The van der Waals surface area contributed by atoms with Crippen molar-refractivity contribution in [3.63, 3.8) is 0 Å². The maximum Gasteiger partial charge on any atom is 0.168 e. The van der Waals surface area contributed by atoms with Crippen LogP contribution in [0.1, 0.15) is 37.3 Å². The van der Waals surface area contributed by atoms with Crippen LogP contribution in [-0.2, 0) is 4.74 Å². The second-order valence-corrected chi connectivity index (χ2v) is 5.79. The molecule has 0 aliphatic carbocycles. The summed E-state index contributed by atoms with van der Waals surface area (Å²) in [5.41, 5.74) is 1.16. The Kier molecular flexibility index (Phi) is 5.84. The van der Waals surface area contributed by atoms with E-state index in [-0.39, 0.29) is 12.1 Å². The van der Waals surface area contributed by atoms with Gasteiger partial charge in [0, 0.05) is 18.1 Å². The molecular formula is C14H20BrN5O. The van der Waals surface area contributed by atoms with E-state index in [1.54, 1.807) is 7.11 Å². The van der Waals surface area contributed by atoms with E-state index in [4.69, 9.17) is 4.74 Å². The van der Waals surface area contributed by atoms with Crippen LogP contribution in [0.25, 0.3) is 0 Å². The van der Waals surface area contributed by atoms with Gasteiger partial charge in [-0.05, 0) is 42.0 Å². The molecule has 2 atom stereocenters. The van der Waals surface area contributed by atoms with Crippen LogP contribution < -0.4 is 5.32 Å². The molecule has 7 heteroatoms. The van der Waals surface area contributed by atoms with Crippen LogP contribution in [0.5, 0.6) is 0 Å². The van der Waals surface area contributed by atoms with Gasteiger partial charge in [0.15, 0.2) is 5.82 Å². The van der Waals surface area contributed by atoms with Gasteiger partial charge in [-0.2, -0.15) is 0 Å². The monoisotopic (exact) mass is 353 g/mol. The lowest BCUT2D eigenvalue weighted by atomic mass is 10.1. The van der Waals surface area contributed by atoms with Crippen molar-refractivity contribution < 1.29 is 4.74 Å². The van der Waals surface area contributed by atoms with Crippen LogP contribution in [0, 0.1) is 0 Å². The molecule has 0 fully saturated rings. The van der Waals surface area contributed by atoms with E-state index in [1.165, 1.54) is 0 Å². The van der Waals surface area contributed by atoms with Crippen molar-refractivity contribution in [2.45, 2.75) is 25.9 Å². The maximum absolute atomic E-state index is 5.04. The summed E-state index contributed by atoms with van der Waals surface area (Å²) in [6, 6.07) is 8.33. The summed E-state index contributed by atoms with van der Waals surface area (Å²) in [4.78, 5) is 0. The predicted octanol–water partition coefficient (Wildman–Crippen LogP) is 2.34. The number of methoxy groups -OCH3 is 1. The van der Waals surface area contributed by atoms with Crippen LogP contribution in [0.15, 0.2) is 28.7 Å². The van der Waals surface area contributed by atoms with Crippen molar-refractivity contribution in [3.05, 3.63) is 40.1 Å². The quantitative estimate of drug-likeness (QED) is 0.774. The van der Waals surface area contributed by atoms with Crippen molar-refractivity contribution in [3.8, 4) is 0 Å². The summed E-state index contributed by atoms with van der Waals surface area (Å²) in [7, 11) is 1.69. The van der Waals surface area contributed by atoms with Crippen LogP contribution >= 0.6 is 15.9 Å². The van der Waals surface area contributed by atoms with Crippen molar-refractivity contribution >= 4 is 15.9 Å². The Morgan fingerprint density at radius 2 is 2.00 bits per heavy atom. The Morgan fingerprint density at radius 3 is 2.67 bits per heavy atom. The van der Waals surface area contributed by atoms with Gasteiger partial charge < -0.3 is 10.1 Å². The number of nitrogens with one attached hydrogen (secondary N) is 1. The largest absolute Gasteiger partial charge is 0.383 e. The van der Waals surface area contributed by atoms with Crippen molar-refractivity contribution in [2.24, 2.45) is 0 Å². The minimum atomic E-state index is 0.0630. The summed E-state index contributed by atoms with van der Waals surface area (Å²) in [5, 5.41) is 15.4. The Labute approximate surface area is 133 Å². The Morgan fingerprint density at radius 1 is 1.29 bits per heavy atom. The number of halogens is 1. The lowest BCUT2D eigenvalue weighted by molar-refractivity contribution is 0.195. The number of tetrazole rings is 1. The first-order valence-corrected chi connectivity index (χ1v) is 7.68. The smallest absolute Gasteiger partial charge is 0.168 e. The second kappa shape index (κ2) is 7.63. The molecule has 0 amide bonds. The van der Waals surface area contributed by atoms with Crippen LogP contribution in [0.2, 0.25) is 0 Å². The molecule has 1 N–H and O–H groups in total. The lowest BCUT2D eigenvalue weighted by Gasteiger charge is -2.18. The third-order valence-electron chi connectivity index (χ3n) is 3.38. The topological polar surface area (TPSA) is 64.9 Å². The molecule has 0 bridgehead atoms. The third-order valence-corrected chi connectivity index (χ3v) is 3.91. The molecule has 0 aliphatic heterocycles. The second-order valence-electron chi connectivity index (χ2n) is 4.88. The Hall–Kier alpha value is -1.31. The molecule has 1 aromatic heterocycles. The normalized spacial score (nSPS) is 14.1. The van der Waals surface area contributed by atoms with E-state index in [9.17, 15) is 0 Å². The standard InChI is InChI=1S/C14H20BrN5O/c1-10(16-8-9-21-3)14-17-18-19-20(14)11(2)12-4-6-13(15)7-5-12/h4-7,10-11,16H,8-9H2,1-3H3. The van der Waals surface area contributed by atoms with Crippen molar-refractivity contribution in [1.29, 1.82) is 0 Å². The van der Waals surface area contributed by atoms with Crippen molar-refractivity contribution in [2.75, 3.05) is 20.3 Å². The van der Waals surface area contributed by atoms with Gasteiger partial charge in [-0.1, -0.05) is 28.1 Å². The highest BCUT2D eigenvalue weighted by Gasteiger charge is 2.19. The first-order chi connectivity index (χ1) is 10.1. The zero-order valence-electron chi connectivity index (χ0n) is 12.5. The maximum atomic E-state index is 5.04. The highest BCUT2D eigenvalue weighted by atomic mass is 79.9. The fourth-order valence-corrected chi connectivity index (χ4v) is 2.38. The molecule has 2 aromatic rings. The van der Waals surface area contributed by atoms with Gasteiger partial charge in [0.2, 0.25) is 0 Å². The third kappa shape index (κ3) is 4.09. The first-order valence-electron chi connectivity index (χ1n) is 6.89. The van der Waals surface area contributed by atoms with Crippen LogP contribution in [0.3, 0.4) is 0 Å². The summed E-state index contributed by atoms with van der Waals surface area (Å²) in [5.74, 6) is 0.821. The van der Waals surface area contributed by atoms with Gasteiger partial charge >= 0.3 is 0 Å². The average Bonchev–Trinajstić information content (AvgIpc) is 2.97. The molecule has 0 radical (unpaired) electrons. The fraction of sp³-hybridized carbons (Fsp3) is 0.500. The van der Waals surface area contributed by atoms with E-state index < -0.39 is 0 Å². The molecule has 1 aromatic carbocycles. The zero-order valence-corrected chi connectivity index (χ0v) is 14.0. The minimum Gasteiger partial charge on any atom is -0.383 e. The zero-order chi connectivity index (χ0) is 15.2. The van der Waals surface area contributed by atoms with Crippen molar-refractivity contribution in [1.82, 2.24) is 25.5 Å². The van der Waals surface area contributed by atoms with E-state index in [0.29, 0.717) is 6.61 Å². The van der Waals surface area contributed by atoms with Gasteiger partial charge in [0.05, 0.1) is 18.7 Å². The molecule has 21 heavy (non-hydrogen) atoms. The molecule has 0 spiro atoms. The number of benzene rings is 1. The molecule has 0 saturated carbocycles. The minimum absolute atomic E-state index is 0.0630. The van der Waals surface area contributed by atoms with Crippen LogP contribution in [0.4, 0.5) is 0 Å². The highest BCUT2D eigenvalue weighted by Crippen LogP contribution is 2.22. The van der Waals surface area contributed by atoms with Crippen LogP contribution in [-0.4, -0.2) is 40.5 Å². The summed E-state index contributed by atoms with van der Waals surface area (Å²) >= 11 is 3.45. The Balaban J connectivity index is 2.13. The number of hydrogen-bond donors (Lipinski definition) is 1. The highest BCUT2D eigenvalue weighted by molar-refractivity contribution is 9.10. The molecule has 6 nitrogen and oxygen atoms in total. The fourth-order valence-electron chi connectivity index (χ4n) is 2.11. The van der Waals surface area contributed by atoms with E-state index >= 15 is 0 Å². The molecule has 114 valence electrons. The van der Waals surface area contributed by atoms with E-state index in [2.05, 4.69) is 55.8 Å². The molecular weight excluding hydrogens is 334 g/mol. The van der Waals surface area contributed by atoms with Gasteiger partial charge in [-0.25, -0.2) is 4.68 Å². The lowest BCUT2D eigenvalue weighted by Crippen LogP contribution is -2.26. The number of rotatable bonds is 7. The van der Waals surface area contributed by atoms with Gasteiger partial charge in [-0.3, -0.25) is 0 Å².